The molecule has 2 fully saturated rings. The SMILES string of the molecule is Cl.O=C(Nc1cccc(Cl)c1)N1CC2CNCC2C1. The van der Waals surface area contributed by atoms with E-state index in [2.05, 4.69) is 10.6 Å². The lowest BCUT2D eigenvalue weighted by molar-refractivity contribution is 0.219. The minimum Gasteiger partial charge on any atom is -0.324 e. The lowest BCUT2D eigenvalue weighted by atomic mass is 10.0. The van der Waals surface area contributed by atoms with Crippen molar-refractivity contribution in [1.82, 2.24) is 10.2 Å². The molecule has 0 saturated carbocycles. The average molecular weight is 302 g/mol. The van der Waals surface area contributed by atoms with Crippen LogP contribution in [0.3, 0.4) is 0 Å². The molecule has 2 saturated heterocycles. The highest BCUT2D eigenvalue weighted by Crippen LogP contribution is 2.26. The molecule has 0 aliphatic carbocycles. The fraction of sp³-hybridized carbons (Fsp3) is 0.462. The Hall–Kier alpha value is -0.970. The van der Waals surface area contributed by atoms with Crippen LogP contribution in [-0.4, -0.2) is 37.1 Å². The largest absolute Gasteiger partial charge is 0.324 e. The number of halogens is 2. The first-order chi connectivity index (χ1) is 8.72. The quantitative estimate of drug-likeness (QED) is 0.837. The molecule has 2 aliphatic rings. The Morgan fingerprint density at radius 3 is 2.63 bits per heavy atom. The van der Waals surface area contributed by atoms with Crippen LogP contribution in [0, 0.1) is 11.8 Å². The molecule has 0 spiro atoms. The van der Waals surface area contributed by atoms with E-state index in [9.17, 15) is 4.79 Å². The maximum Gasteiger partial charge on any atom is 0.321 e. The number of benzene rings is 1. The molecule has 1 aromatic rings. The molecule has 104 valence electrons. The maximum absolute atomic E-state index is 12.1. The molecule has 2 unspecified atom stereocenters. The number of nitrogens with one attached hydrogen (secondary N) is 2. The Labute approximate surface area is 123 Å². The van der Waals surface area contributed by atoms with Crippen LogP contribution in [0.1, 0.15) is 0 Å². The monoisotopic (exact) mass is 301 g/mol. The summed E-state index contributed by atoms with van der Waals surface area (Å²) in [6, 6.07) is 7.22. The Morgan fingerprint density at radius 1 is 1.32 bits per heavy atom. The summed E-state index contributed by atoms with van der Waals surface area (Å²) >= 11 is 5.89. The van der Waals surface area contributed by atoms with Gasteiger partial charge in [-0.05, 0) is 30.0 Å². The molecule has 0 aromatic heterocycles. The summed E-state index contributed by atoms with van der Waals surface area (Å²) in [5.74, 6) is 1.24. The van der Waals surface area contributed by atoms with Crippen LogP contribution < -0.4 is 10.6 Å². The molecule has 2 heterocycles. The summed E-state index contributed by atoms with van der Waals surface area (Å²) in [4.78, 5) is 14.0. The third-order valence-corrected chi connectivity index (χ3v) is 3.99. The zero-order valence-electron chi connectivity index (χ0n) is 10.4. The molecular formula is C13H17Cl2N3O. The predicted octanol–water partition coefficient (Wildman–Crippen LogP) is 2.44. The van der Waals surface area contributed by atoms with Gasteiger partial charge in [0, 0.05) is 36.9 Å². The average Bonchev–Trinajstić information content (AvgIpc) is 2.88. The minimum absolute atomic E-state index is 0. The van der Waals surface area contributed by atoms with Crippen LogP contribution in [0.5, 0.6) is 0 Å². The third-order valence-electron chi connectivity index (χ3n) is 3.75. The second-order valence-electron chi connectivity index (χ2n) is 5.02. The summed E-state index contributed by atoms with van der Waals surface area (Å²) in [6.45, 7) is 3.77. The standard InChI is InChI=1S/C13H16ClN3O.ClH/c14-11-2-1-3-12(4-11)16-13(18)17-7-9-5-15-6-10(9)8-17;/h1-4,9-10,15H,5-8H2,(H,16,18);1H. The van der Waals surface area contributed by atoms with Gasteiger partial charge in [0.15, 0.2) is 0 Å². The number of nitrogens with zero attached hydrogens (tertiary/aromatic N) is 1. The molecule has 6 heteroatoms. The predicted molar refractivity (Wildman–Crippen MR) is 79.1 cm³/mol. The number of rotatable bonds is 1. The second kappa shape index (κ2) is 5.99. The van der Waals surface area contributed by atoms with Crippen molar-refractivity contribution in [2.24, 2.45) is 11.8 Å². The van der Waals surface area contributed by atoms with E-state index in [4.69, 9.17) is 11.6 Å². The first kappa shape index (κ1) is 14.4. The first-order valence-corrected chi connectivity index (χ1v) is 6.62. The van der Waals surface area contributed by atoms with E-state index in [-0.39, 0.29) is 18.4 Å². The number of carbonyl (C=O) groups excluding carboxylic acids is 1. The summed E-state index contributed by atoms with van der Waals surface area (Å²) in [5.41, 5.74) is 0.752. The van der Waals surface area contributed by atoms with Gasteiger partial charge in [-0.3, -0.25) is 0 Å². The molecular weight excluding hydrogens is 285 g/mol. The summed E-state index contributed by atoms with van der Waals surface area (Å²) < 4.78 is 0. The van der Waals surface area contributed by atoms with Gasteiger partial charge in [0.25, 0.3) is 0 Å². The first-order valence-electron chi connectivity index (χ1n) is 6.24. The van der Waals surface area contributed by atoms with Crippen molar-refractivity contribution in [1.29, 1.82) is 0 Å². The molecule has 2 amide bonds. The topological polar surface area (TPSA) is 44.4 Å². The highest BCUT2D eigenvalue weighted by Gasteiger charge is 2.37. The lowest BCUT2D eigenvalue weighted by Gasteiger charge is -2.18. The number of hydrogen-bond donors (Lipinski definition) is 2. The molecule has 2 atom stereocenters. The Bertz CT molecular complexity index is 457. The fourth-order valence-electron chi connectivity index (χ4n) is 2.79. The van der Waals surface area contributed by atoms with Crippen LogP contribution >= 0.6 is 24.0 Å². The summed E-state index contributed by atoms with van der Waals surface area (Å²) in [7, 11) is 0. The van der Waals surface area contributed by atoms with Crippen molar-refractivity contribution >= 4 is 35.7 Å². The van der Waals surface area contributed by atoms with Crippen LogP contribution in [0.4, 0.5) is 10.5 Å². The maximum atomic E-state index is 12.1. The van der Waals surface area contributed by atoms with Crippen molar-refractivity contribution in [3.63, 3.8) is 0 Å². The summed E-state index contributed by atoms with van der Waals surface area (Å²) in [5, 5.41) is 6.90. The molecule has 3 rings (SSSR count). The van der Waals surface area contributed by atoms with Gasteiger partial charge in [0.2, 0.25) is 0 Å². The van der Waals surface area contributed by atoms with E-state index in [1.54, 1.807) is 12.1 Å². The number of anilines is 1. The van der Waals surface area contributed by atoms with Crippen molar-refractivity contribution < 1.29 is 4.79 Å². The van der Waals surface area contributed by atoms with Gasteiger partial charge in [-0.15, -0.1) is 12.4 Å². The van der Waals surface area contributed by atoms with E-state index in [0.29, 0.717) is 16.9 Å². The Morgan fingerprint density at radius 2 is 2.00 bits per heavy atom. The van der Waals surface area contributed by atoms with Gasteiger partial charge in [0.1, 0.15) is 0 Å². The lowest BCUT2D eigenvalue weighted by Crippen LogP contribution is -2.35. The van der Waals surface area contributed by atoms with Crippen LogP contribution in [-0.2, 0) is 0 Å². The Kier molecular flexibility index (Phi) is 4.55. The summed E-state index contributed by atoms with van der Waals surface area (Å²) in [6.07, 6.45) is 0. The molecule has 0 radical (unpaired) electrons. The molecule has 1 aromatic carbocycles. The zero-order valence-corrected chi connectivity index (χ0v) is 12.0. The number of likely N-dealkylation sites (tertiary alicyclic amines) is 1. The molecule has 4 nitrogen and oxygen atoms in total. The molecule has 0 bridgehead atoms. The highest BCUT2D eigenvalue weighted by molar-refractivity contribution is 6.30. The number of hydrogen-bond acceptors (Lipinski definition) is 2. The van der Waals surface area contributed by atoms with Crippen LogP contribution in [0.2, 0.25) is 5.02 Å². The van der Waals surface area contributed by atoms with E-state index in [0.717, 1.165) is 31.9 Å². The van der Waals surface area contributed by atoms with Gasteiger partial charge >= 0.3 is 6.03 Å². The number of fused-ring (bicyclic) bond motifs is 1. The van der Waals surface area contributed by atoms with E-state index < -0.39 is 0 Å². The Balaban J connectivity index is 0.00000133. The zero-order chi connectivity index (χ0) is 12.5. The van der Waals surface area contributed by atoms with Crippen LogP contribution in [0.15, 0.2) is 24.3 Å². The van der Waals surface area contributed by atoms with Gasteiger partial charge in [-0.25, -0.2) is 4.79 Å². The van der Waals surface area contributed by atoms with Crippen LogP contribution in [0.25, 0.3) is 0 Å². The van der Waals surface area contributed by atoms with Gasteiger partial charge in [0.05, 0.1) is 0 Å². The fourth-order valence-corrected chi connectivity index (χ4v) is 2.98. The number of carbonyl (C=O) groups is 1. The van der Waals surface area contributed by atoms with Crippen molar-refractivity contribution in [2.75, 3.05) is 31.5 Å². The highest BCUT2D eigenvalue weighted by atomic mass is 35.5. The van der Waals surface area contributed by atoms with Crippen molar-refractivity contribution in [3.8, 4) is 0 Å². The molecule has 19 heavy (non-hydrogen) atoms. The van der Waals surface area contributed by atoms with Crippen molar-refractivity contribution in [2.45, 2.75) is 0 Å². The van der Waals surface area contributed by atoms with Gasteiger partial charge < -0.3 is 15.5 Å². The number of amides is 2. The third kappa shape index (κ3) is 3.14. The smallest absolute Gasteiger partial charge is 0.321 e. The number of urea groups is 1. The van der Waals surface area contributed by atoms with Gasteiger partial charge in [-0.2, -0.15) is 0 Å². The normalized spacial score (nSPS) is 24.8. The van der Waals surface area contributed by atoms with Crippen molar-refractivity contribution in [3.05, 3.63) is 29.3 Å². The second-order valence-corrected chi connectivity index (χ2v) is 5.46. The van der Waals surface area contributed by atoms with E-state index in [1.165, 1.54) is 0 Å². The van der Waals surface area contributed by atoms with Gasteiger partial charge in [-0.1, -0.05) is 17.7 Å². The minimum atomic E-state index is -0.0216. The van der Waals surface area contributed by atoms with E-state index >= 15 is 0 Å². The van der Waals surface area contributed by atoms with E-state index in [1.807, 2.05) is 17.0 Å². The molecule has 2 N–H and O–H groups in total. The molecule has 2 aliphatic heterocycles.